The highest BCUT2D eigenvalue weighted by Crippen LogP contribution is 2.28. The van der Waals surface area contributed by atoms with E-state index in [0.29, 0.717) is 15.7 Å². The van der Waals surface area contributed by atoms with E-state index in [1.54, 1.807) is 13.0 Å². The molecule has 0 heterocycles. The van der Waals surface area contributed by atoms with Gasteiger partial charge in [-0.05, 0) is 40.5 Å². The molecule has 0 unspecified atom stereocenters. The number of hydrogen-bond acceptors (Lipinski definition) is 4. The van der Waals surface area contributed by atoms with Gasteiger partial charge in [-0.2, -0.15) is 4.31 Å². The minimum absolute atomic E-state index is 0.0969. The summed E-state index contributed by atoms with van der Waals surface area (Å²) < 4.78 is 26.3. The summed E-state index contributed by atoms with van der Waals surface area (Å²) in [6, 6.07) is 3.02. The monoisotopic (exact) mass is 349 g/mol. The van der Waals surface area contributed by atoms with E-state index in [-0.39, 0.29) is 17.3 Å². The van der Waals surface area contributed by atoms with Crippen LogP contribution in [0.5, 0.6) is 0 Å². The molecule has 0 aromatic heterocycles. The third kappa shape index (κ3) is 3.46. The molecule has 0 aliphatic carbocycles. The molecule has 0 fully saturated rings. The lowest BCUT2D eigenvalue weighted by atomic mass is 10.2. The fraction of sp³-hybridized carbons (Fsp3) is 0.364. The van der Waals surface area contributed by atoms with E-state index in [2.05, 4.69) is 21.2 Å². The van der Waals surface area contributed by atoms with Crippen LogP contribution < -0.4 is 11.1 Å². The third-order valence-corrected chi connectivity index (χ3v) is 5.26. The molecule has 0 radical (unpaired) electrons. The van der Waals surface area contributed by atoms with Crippen LogP contribution in [0.2, 0.25) is 0 Å². The summed E-state index contributed by atoms with van der Waals surface area (Å²) >= 11 is 3.24. The number of rotatable bonds is 4. The molecule has 1 aromatic rings. The number of sulfonamides is 1. The molecule has 0 atom stereocenters. The van der Waals surface area contributed by atoms with Gasteiger partial charge in [0.15, 0.2) is 0 Å². The van der Waals surface area contributed by atoms with Gasteiger partial charge in [0.1, 0.15) is 0 Å². The van der Waals surface area contributed by atoms with Crippen LogP contribution in [-0.2, 0) is 14.8 Å². The van der Waals surface area contributed by atoms with Crippen LogP contribution in [0, 0.1) is 6.92 Å². The Morgan fingerprint density at radius 3 is 2.58 bits per heavy atom. The lowest BCUT2D eigenvalue weighted by Crippen LogP contribution is -2.37. The SMILES string of the molecule is CNC(=O)CN(C)S(=O)(=O)c1cc(N)c(Br)cc1C. The first-order valence-corrected chi connectivity index (χ1v) is 7.66. The largest absolute Gasteiger partial charge is 0.398 e. The maximum absolute atomic E-state index is 12.3. The minimum atomic E-state index is -3.74. The summed E-state index contributed by atoms with van der Waals surface area (Å²) in [5.74, 6) is -0.381. The van der Waals surface area contributed by atoms with Gasteiger partial charge in [0.25, 0.3) is 0 Å². The van der Waals surface area contributed by atoms with Crippen LogP contribution in [0.25, 0.3) is 0 Å². The number of nitrogens with two attached hydrogens (primary N) is 1. The van der Waals surface area contributed by atoms with Gasteiger partial charge in [0.05, 0.1) is 11.4 Å². The van der Waals surface area contributed by atoms with Crippen molar-refractivity contribution in [2.45, 2.75) is 11.8 Å². The van der Waals surface area contributed by atoms with E-state index in [0.717, 1.165) is 4.31 Å². The molecule has 0 aliphatic rings. The fourth-order valence-corrected chi connectivity index (χ4v) is 3.30. The summed E-state index contributed by atoms with van der Waals surface area (Å²) in [5, 5.41) is 2.38. The van der Waals surface area contributed by atoms with Crippen molar-refractivity contribution in [2.75, 3.05) is 26.4 Å². The number of nitrogens with zero attached hydrogens (tertiary/aromatic N) is 1. The van der Waals surface area contributed by atoms with Crippen molar-refractivity contribution >= 4 is 37.5 Å². The number of hydrogen-bond donors (Lipinski definition) is 2. The van der Waals surface area contributed by atoms with Gasteiger partial charge in [0.2, 0.25) is 15.9 Å². The number of benzene rings is 1. The Bertz CT molecular complexity index is 601. The smallest absolute Gasteiger partial charge is 0.243 e. The van der Waals surface area contributed by atoms with Crippen LogP contribution in [-0.4, -0.2) is 39.3 Å². The molecule has 0 saturated carbocycles. The summed E-state index contributed by atoms with van der Waals surface area (Å²) in [5.41, 5.74) is 6.60. The lowest BCUT2D eigenvalue weighted by molar-refractivity contribution is -0.120. The van der Waals surface area contributed by atoms with Crippen molar-refractivity contribution in [3.8, 4) is 0 Å². The average Bonchev–Trinajstić information content (AvgIpc) is 2.33. The first kappa shape index (κ1) is 15.9. The summed E-state index contributed by atoms with van der Waals surface area (Å²) in [6.07, 6.45) is 0. The maximum Gasteiger partial charge on any atom is 0.243 e. The Morgan fingerprint density at radius 1 is 1.47 bits per heavy atom. The van der Waals surface area contributed by atoms with E-state index < -0.39 is 10.0 Å². The molecule has 0 aliphatic heterocycles. The molecule has 8 heteroatoms. The summed E-state index contributed by atoms with van der Waals surface area (Å²) in [4.78, 5) is 11.4. The zero-order chi connectivity index (χ0) is 14.8. The number of nitrogen functional groups attached to an aromatic ring is 1. The number of likely N-dealkylation sites (N-methyl/N-ethyl adjacent to an activating group) is 2. The Hall–Kier alpha value is -1.12. The van der Waals surface area contributed by atoms with E-state index in [9.17, 15) is 13.2 Å². The van der Waals surface area contributed by atoms with Crippen LogP contribution in [0.15, 0.2) is 21.5 Å². The molecule has 0 saturated heterocycles. The molecule has 1 rings (SSSR count). The van der Waals surface area contributed by atoms with Gasteiger partial charge in [-0.25, -0.2) is 8.42 Å². The predicted molar refractivity (Wildman–Crippen MR) is 77.2 cm³/mol. The molecule has 1 amide bonds. The van der Waals surface area contributed by atoms with Crippen molar-refractivity contribution in [3.63, 3.8) is 0 Å². The Kier molecular flexibility index (Phi) is 4.94. The number of aryl methyl sites for hydroxylation is 1. The Labute approximate surface area is 121 Å². The van der Waals surface area contributed by atoms with Crippen molar-refractivity contribution in [1.82, 2.24) is 9.62 Å². The fourth-order valence-electron chi connectivity index (χ4n) is 1.48. The van der Waals surface area contributed by atoms with E-state index in [4.69, 9.17) is 5.73 Å². The molecule has 19 heavy (non-hydrogen) atoms. The van der Waals surface area contributed by atoms with Crippen molar-refractivity contribution < 1.29 is 13.2 Å². The number of nitrogens with one attached hydrogen (secondary N) is 1. The van der Waals surface area contributed by atoms with Crippen LogP contribution in [0.4, 0.5) is 5.69 Å². The number of halogens is 1. The topological polar surface area (TPSA) is 92.5 Å². The zero-order valence-corrected chi connectivity index (χ0v) is 13.3. The van der Waals surface area contributed by atoms with Gasteiger partial charge < -0.3 is 11.1 Å². The second kappa shape index (κ2) is 5.89. The summed E-state index contributed by atoms with van der Waals surface area (Å²) in [7, 11) is -0.943. The Balaban J connectivity index is 3.20. The second-order valence-electron chi connectivity index (χ2n) is 4.07. The maximum atomic E-state index is 12.3. The summed E-state index contributed by atoms with van der Waals surface area (Å²) in [6.45, 7) is 1.43. The number of carbonyl (C=O) groups is 1. The first-order valence-electron chi connectivity index (χ1n) is 5.42. The molecular formula is C11H16BrN3O3S. The average molecular weight is 350 g/mol. The number of carbonyl (C=O) groups excluding carboxylic acids is 1. The highest BCUT2D eigenvalue weighted by atomic mass is 79.9. The molecule has 0 bridgehead atoms. The number of amides is 1. The highest BCUT2D eigenvalue weighted by molar-refractivity contribution is 9.10. The van der Waals surface area contributed by atoms with Crippen molar-refractivity contribution in [2.24, 2.45) is 0 Å². The van der Waals surface area contributed by atoms with Gasteiger partial charge >= 0.3 is 0 Å². The normalized spacial score (nSPS) is 11.6. The zero-order valence-electron chi connectivity index (χ0n) is 10.9. The van der Waals surface area contributed by atoms with Gasteiger partial charge in [0, 0.05) is 24.3 Å². The number of anilines is 1. The van der Waals surface area contributed by atoms with Gasteiger partial charge in [-0.1, -0.05) is 0 Å². The van der Waals surface area contributed by atoms with Crippen molar-refractivity contribution in [1.29, 1.82) is 0 Å². The van der Waals surface area contributed by atoms with Crippen molar-refractivity contribution in [3.05, 3.63) is 22.2 Å². The highest BCUT2D eigenvalue weighted by Gasteiger charge is 2.25. The molecule has 106 valence electrons. The quantitative estimate of drug-likeness (QED) is 0.782. The molecule has 1 aromatic carbocycles. The van der Waals surface area contributed by atoms with E-state index in [1.165, 1.54) is 20.2 Å². The van der Waals surface area contributed by atoms with E-state index >= 15 is 0 Å². The van der Waals surface area contributed by atoms with Gasteiger partial charge in [-0.15, -0.1) is 0 Å². The third-order valence-electron chi connectivity index (χ3n) is 2.63. The Morgan fingerprint density at radius 2 is 2.05 bits per heavy atom. The molecule has 6 nitrogen and oxygen atoms in total. The van der Waals surface area contributed by atoms with Crippen LogP contribution in [0.3, 0.4) is 0 Å². The molecule has 0 spiro atoms. The van der Waals surface area contributed by atoms with Gasteiger partial charge in [-0.3, -0.25) is 4.79 Å². The van der Waals surface area contributed by atoms with Crippen LogP contribution in [0.1, 0.15) is 5.56 Å². The lowest BCUT2D eigenvalue weighted by Gasteiger charge is -2.18. The minimum Gasteiger partial charge on any atom is -0.398 e. The predicted octanol–water partition coefficient (Wildman–Crippen LogP) is 0.706. The van der Waals surface area contributed by atoms with Crippen LogP contribution >= 0.6 is 15.9 Å². The van der Waals surface area contributed by atoms with E-state index in [1.807, 2.05) is 0 Å². The first-order chi connectivity index (χ1) is 8.70. The molecular weight excluding hydrogens is 334 g/mol. The second-order valence-corrected chi connectivity index (χ2v) is 6.94. The standard InChI is InChI=1S/C11H16BrN3O3S/c1-7-4-8(12)9(13)5-10(7)19(17,18)15(3)6-11(16)14-2/h4-5H,6,13H2,1-3H3,(H,14,16). The molecule has 3 N–H and O–H groups in total.